The Bertz CT molecular complexity index is 802. The molecule has 2 rings (SSSR count). The van der Waals surface area contributed by atoms with E-state index in [9.17, 15) is 13.2 Å². The zero-order chi connectivity index (χ0) is 17.0. The average Bonchev–Trinajstić information content (AvgIpc) is 2.49. The Kier molecular flexibility index (Phi) is 5.49. The van der Waals surface area contributed by atoms with E-state index in [0.717, 1.165) is 16.7 Å². The van der Waals surface area contributed by atoms with E-state index < -0.39 is 9.84 Å². The Balaban J connectivity index is 2.13. The maximum atomic E-state index is 12.3. The number of thioether (sulfide) groups is 1. The standard InChI is InChI=1S/C17H19NO3S2/c1-12-9-10-15(23(3,20)21)11-16(12)18-17(19)13(2)22-14-7-5-4-6-8-14/h4-11,13H,1-3H3,(H,18,19)/t13-/m1/s1. The van der Waals surface area contributed by atoms with Gasteiger partial charge in [-0.3, -0.25) is 4.79 Å². The predicted molar refractivity (Wildman–Crippen MR) is 94.7 cm³/mol. The van der Waals surface area contributed by atoms with Gasteiger partial charge in [0.2, 0.25) is 5.91 Å². The summed E-state index contributed by atoms with van der Waals surface area (Å²) in [5.74, 6) is -0.160. The van der Waals surface area contributed by atoms with Crippen molar-refractivity contribution in [1.29, 1.82) is 0 Å². The SMILES string of the molecule is Cc1ccc(S(C)(=O)=O)cc1NC(=O)[C@@H](C)Sc1ccccc1. The molecular weight excluding hydrogens is 330 g/mol. The number of amides is 1. The first-order chi connectivity index (χ1) is 10.8. The van der Waals surface area contributed by atoms with Gasteiger partial charge in [0.15, 0.2) is 9.84 Å². The first-order valence-corrected chi connectivity index (χ1v) is 9.88. The average molecular weight is 349 g/mol. The molecule has 0 spiro atoms. The molecule has 1 amide bonds. The highest BCUT2D eigenvalue weighted by Crippen LogP contribution is 2.25. The zero-order valence-electron chi connectivity index (χ0n) is 13.2. The summed E-state index contributed by atoms with van der Waals surface area (Å²) >= 11 is 1.46. The van der Waals surface area contributed by atoms with Crippen LogP contribution in [0.3, 0.4) is 0 Å². The molecular formula is C17H19NO3S2. The highest BCUT2D eigenvalue weighted by Gasteiger charge is 2.16. The van der Waals surface area contributed by atoms with E-state index in [2.05, 4.69) is 5.32 Å². The van der Waals surface area contributed by atoms with Crippen LogP contribution in [0.1, 0.15) is 12.5 Å². The van der Waals surface area contributed by atoms with Crippen LogP contribution in [0.5, 0.6) is 0 Å². The van der Waals surface area contributed by atoms with Crippen LogP contribution in [0.2, 0.25) is 0 Å². The third kappa shape index (κ3) is 4.84. The fourth-order valence-corrected chi connectivity index (χ4v) is 3.49. The Morgan fingerprint density at radius 1 is 1.13 bits per heavy atom. The van der Waals surface area contributed by atoms with Gasteiger partial charge in [0.05, 0.1) is 10.1 Å². The first-order valence-electron chi connectivity index (χ1n) is 7.10. The van der Waals surface area contributed by atoms with E-state index in [1.165, 1.54) is 17.8 Å². The minimum absolute atomic E-state index is 0.160. The molecule has 0 unspecified atom stereocenters. The molecule has 0 saturated carbocycles. The number of carbonyl (C=O) groups excluding carboxylic acids is 1. The normalized spacial score (nSPS) is 12.7. The summed E-state index contributed by atoms with van der Waals surface area (Å²) in [6, 6.07) is 14.4. The second-order valence-electron chi connectivity index (χ2n) is 5.31. The van der Waals surface area contributed by atoms with Crippen molar-refractivity contribution in [2.45, 2.75) is 28.9 Å². The monoisotopic (exact) mass is 349 g/mol. The van der Waals surface area contributed by atoms with Gasteiger partial charge in [-0.1, -0.05) is 24.3 Å². The summed E-state index contributed by atoms with van der Waals surface area (Å²) in [6.07, 6.45) is 1.15. The van der Waals surface area contributed by atoms with Crippen LogP contribution < -0.4 is 5.32 Å². The van der Waals surface area contributed by atoms with Gasteiger partial charge in [0.25, 0.3) is 0 Å². The lowest BCUT2D eigenvalue weighted by molar-refractivity contribution is -0.115. The molecule has 0 aromatic heterocycles. The van der Waals surface area contributed by atoms with Crippen LogP contribution in [-0.4, -0.2) is 25.8 Å². The zero-order valence-corrected chi connectivity index (χ0v) is 14.9. The van der Waals surface area contributed by atoms with E-state index in [-0.39, 0.29) is 16.1 Å². The summed E-state index contributed by atoms with van der Waals surface area (Å²) < 4.78 is 23.3. The molecule has 1 N–H and O–H groups in total. The van der Waals surface area contributed by atoms with Gasteiger partial charge >= 0.3 is 0 Å². The predicted octanol–water partition coefficient (Wildman–Crippen LogP) is 3.52. The lowest BCUT2D eigenvalue weighted by Gasteiger charge is -2.14. The van der Waals surface area contributed by atoms with Crippen molar-refractivity contribution in [3.05, 3.63) is 54.1 Å². The molecule has 0 aliphatic rings. The van der Waals surface area contributed by atoms with E-state index in [1.54, 1.807) is 12.1 Å². The van der Waals surface area contributed by atoms with Crippen molar-refractivity contribution >= 4 is 33.2 Å². The topological polar surface area (TPSA) is 63.2 Å². The van der Waals surface area contributed by atoms with Gasteiger partial charge in [-0.25, -0.2) is 8.42 Å². The largest absolute Gasteiger partial charge is 0.325 e. The molecule has 6 heteroatoms. The molecule has 0 saturated heterocycles. The Morgan fingerprint density at radius 2 is 1.78 bits per heavy atom. The Hall–Kier alpha value is -1.79. The van der Waals surface area contributed by atoms with Crippen LogP contribution >= 0.6 is 11.8 Å². The lowest BCUT2D eigenvalue weighted by Crippen LogP contribution is -2.23. The Labute approximate surface area is 141 Å². The number of aryl methyl sites for hydroxylation is 1. The second-order valence-corrected chi connectivity index (χ2v) is 8.74. The van der Waals surface area contributed by atoms with Gasteiger partial charge in [-0.2, -0.15) is 0 Å². The summed E-state index contributed by atoms with van der Waals surface area (Å²) in [5, 5.41) is 2.53. The number of hydrogen-bond acceptors (Lipinski definition) is 4. The molecule has 2 aromatic carbocycles. The van der Waals surface area contributed by atoms with Gasteiger partial charge in [0.1, 0.15) is 0 Å². The minimum Gasteiger partial charge on any atom is -0.325 e. The highest BCUT2D eigenvalue weighted by molar-refractivity contribution is 8.00. The number of nitrogens with one attached hydrogen (secondary N) is 1. The number of anilines is 1. The van der Waals surface area contributed by atoms with Crippen LogP contribution in [-0.2, 0) is 14.6 Å². The Morgan fingerprint density at radius 3 is 2.39 bits per heavy atom. The third-order valence-corrected chi connectivity index (χ3v) is 5.54. The fourth-order valence-electron chi connectivity index (χ4n) is 1.96. The smallest absolute Gasteiger partial charge is 0.237 e. The molecule has 0 fully saturated rings. The number of hydrogen-bond donors (Lipinski definition) is 1. The maximum Gasteiger partial charge on any atom is 0.237 e. The molecule has 2 aromatic rings. The van der Waals surface area contributed by atoms with Gasteiger partial charge in [-0.15, -0.1) is 11.8 Å². The lowest BCUT2D eigenvalue weighted by atomic mass is 10.2. The van der Waals surface area contributed by atoms with Crippen LogP contribution in [0.4, 0.5) is 5.69 Å². The van der Waals surface area contributed by atoms with Crippen molar-refractivity contribution in [2.24, 2.45) is 0 Å². The number of sulfone groups is 1. The summed E-state index contributed by atoms with van der Waals surface area (Å²) in [7, 11) is -3.30. The summed E-state index contributed by atoms with van der Waals surface area (Å²) in [5.41, 5.74) is 1.35. The highest BCUT2D eigenvalue weighted by atomic mass is 32.2. The van der Waals surface area contributed by atoms with Crippen LogP contribution in [0.25, 0.3) is 0 Å². The van der Waals surface area contributed by atoms with Crippen molar-refractivity contribution < 1.29 is 13.2 Å². The molecule has 0 aliphatic carbocycles. The molecule has 0 radical (unpaired) electrons. The molecule has 0 heterocycles. The van der Waals surface area contributed by atoms with E-state index >= 15 is 0 Å². The maximum absolute atomic E-state index is 12.3. The summed E-state index contributed by atoms with van der Waals surface area (Å²) in [4.78, 5) is 13.6. The molecule has 0 bridgehead atoms. The molecule has 1 atom stereocenters. The van der Waals surface area contributed by atoms with E-state index in [4.69, 9.17) is 0 Å². The quantitative estimate of drug-likeness (QED) is 0.839. The number of carbonyl (C=O) groups is 1. The second kappa shape index (κ2) is 7.19. The van der Waals surface area contributed by atoms with Crippen LogP contribution in [0.15, 0.2) is 58.3 Å². The minimum atomic E-state index is -3.30. The van der Waals surface area contributed by atoms with Gasteiger partial charge < -0.3 is 5.32 Å². The molecule has 0 aliphatic heterocycles. The van der Waals surface area contributed by atoms with E-state index in [1.807, 2.05) is 44.2 Å². The molecule has 4 nitrogen and oxygen atoms in total. The first kappa shape index (κ1) is 17.6. The van der Waals surface area contributed by atoms with Crippen molar-refractivity contribution in [2.75, 3.05) is 11.6 Å². The summed E-state index contributed by atoms with van der Waals surface area (Å²) in [6.45, 7) is 3.65. The van der Waals surface area contributed by atoms with Gasteiger partial charge in [-0.05, 0) is 43.7 Å². The van der Waals surface area contributed by atoms with Crippen molar-refractivity contribution in [3.63, 3.8) is 0 Å². The van der Waals surface area contributed by atoms with Gasteiger partial charge in [0, 0.05) is 16.8 Å². The third-order valence-electron chi connectivity index (χ3n) is 3.32. The van der Waals surface area contributed by atoms with Crippen molar-refractivity contribution in [1.82, 2.24) is 0 Å². The number of benzene rings is 2. The van der Waals surface area contributed by atoms with E-state index in [0.29, 0.717) is 5.69 Å². The molecule has 23 heavy (non-hydrogen) atoms. The fraction of sp³-hybridized carbons (Fsp3) is 0.235. The number of rotatable bonds is 5. The van der Waals surface area contributed by atoms with Crippen LogP contribution in [0, 0.1) is 6.92 Å². The van der Waals surface area contributed by atoms with Crippen molar-refractivity contribution in [3.8, 4) is 0 Å². The molecule has 122 valence electrons.